The van der Waals surface area contributed by atoms with E-state index in [1.165, 1.54) is 32.1 Å². The number of hydrogen-bond acceptors (Lipinski definition) is 10. The first-order valence-electron chi connectivity index (χ1n) is 13.8. The quantitative estimate of drug-likeness (QED) is 0.0719. The van der Waals surface area contributed by atoms with E-state index in [9.17, 15) is 0 Å². The largest absolute Gasteiger partial charge is 0.379 e. The molecule has 0 atom stereocenters. The van der Waals surface area contributed by atoms with Crippen molar-refractivity contribution in [2.45, 2.75) is 52.4 Å². The van der Waals surface area contributed by atoms with Crippen molar-refractivity contribution in [1.29, 1.82) is 0 Å². The normalized spacial score (nSPS) is 11.5. The number of rotatable bonds is 33. The van der Waals surface area contributed by atoms with Crippen molar-refractivity contribution in [3.8, 4) is 0 Å². The Bertz CT molecular complexity index is 343. The first kappa shape index (κ1) is 35.6. The zero-order valence-electron chi connectivity index (χ0n) is 23.1. The van der Waals surface area contributed by atoms with Crippen LogP contribution >= 0.6 is 0 Å². The Balaban J connectivity index is 3.00. The van der Waals surface area contributed by atoms with E-state index >= 15 is 0 Å². The van der Waals surface area contributed by atoms with Gasteiger partial charge in [0, 0.05) is 6.61 Å². The smallest absolute Gasteiger partial charge is 0.106 e. The van der Waals surface area contributed by atoms with Crippen LogP contribution in [0.5, 0.6) is 0 Å². The summed E-state index contributed by atoms with van der Waals surface area (Å²) in [7, 11) is 0. The third-order valence-electron chi connectivity index (χ3n) is 4.78. The van der Waals surface area contributed by atoms with Crippen molar-refractivity contribution in [1.82, 2.24) is 0 Å². The molecule has 0 saturated heterocycles. The summed E-state index contributed by atoms with van der Waals surface area (Å²) in [5.74, 6) is 0. The fourth-order valence-corrected chi connectivity index (χ4v) is 2.84. The number of ether oxygens (including phenoxy) is 8. The summed E-state index contributed by atoms with van der Waals surface area (Å²) in [5, 5.41) is 0. The van der Waals surface area contributed by atoms with Gasteiger partial charge >= 0.3 is 0 Å². The van der Waals surface area contributed by atoms with Crippen LogP contribution in [0.1, 0.15) is 52.4 Å². The summed E-state index contributed by atoms with van der Waals surface area (Å²) in [5.41, 5.74) is 0. The monoisotopic (exact) mass is 526 g/mol. The first-order chi connectivity index (χ1) is 17.9. The maximum absolute atomic E-state index is 5.46. The van der Waals surface area contributed by atoms with Crippen LogP contribution < -0.4 is 0 Å². The van der Waals surface area contributed by atoms with Crippen molar-refractivity contribution in [3.63, 3.8) is 0 Å². The zero-order valence-corrected chi connectivity index (χ0v) is 23.1. The van der Waals surface area contributed by atoms with Gasteiger partial charge in [-0.3, -0.25) is 0 Å². The summed E-state index contributed by atoms with van der Waals surface area (Å²) < 4.78 is 43.2. The van der Waals surface area contributed by atoms with Gasteiger partial charge in [0.05, 0.1) is 106 Å². The Morgan fingerprint density at radius 3 is 0.972 bits per heavy atom. The molecule has 10 heteroatoms. The zero-order chi connectivity index (χ0) is 26.0. The van der Waals surface area contributed by atoms with Crippen LogP contribution in [0.4, 0.5) is 0 Å². The third-order valence-corrected chi connectivity index (χ3v) is 4.78. The predicted molar refractivity (Wildman–Crippen MR) is 138 cm³/mol. The summed E-state index contributed by atoms with van der Waals surface area (Å²) >= 11 is 0. The van der Waals surface area contributed by atoms with Gasteiger partial charge < -0.3 is 37.9 Å². The fourth-order valence-electron chi connectivity index (χ4n) is 2.84. The van der Waals surface area contributed by atoms with Gasteiger partial charge in [-0.15, -0.1) is 0 Å². The van der Waals surface area contributed by atoms with Gasteiger partial charge in [0.1, 0.15) is 6.61 Å². The maximum atomic E-state index is 5.46. The molecule has 0 rings (SSSR count). The van der Waals surface area contributed by atoms with Gasteiger partial charge in [-0.2, -0.15) is 0 Å². The molecule has 0 aliphatic carbocycles. The fraction of sp³-hybridized carbons (Fsp3) is 1.00. The van der Waals surface area contributed by atoms with Gasteiger partial charge in [0.2, 0.25) is 0 Å². The van der Waals surface area contributed by atoms with Crippen LogP contribution in [-0.2, 0) is 47.7 Å². The van der Waals surface area contributed by atoms with Crippen LogP contribution in [0.3, 0.4) is 0 Å². The molecule has 0 aromatic heterocycles. The van der Waals surface area contributed by atoms with E-state index in [1.54, 1.807) is 0 Å². The molecule has 0 amide bonds. The minimum absolute atomic E-state index is 0.433. The van der Waals surface area contributed by atoms with E-state index in [0.29, 0.717) is 119 Å². The predicted octanol–water partition coefficient (Wildman–Crippen LogP) is 3.45. The van der Waals surface area contributed by atoms with Gasteiger partial charge in [-0.25, -0.2) is 9.78 Å². The lowest BCUT2D eigenvalue weighted by molar-refractivity contribution is -0.299. The molecular formula is C26H54O10. The summed E-state index contributed by atoms with van der Waals surface area (Å²) in [6, 6.07) is 0. The highest BCUT2D eigenvalue weighted by Gasteiger charge is 1.96. The highest BCUT2D eigenvalue weighted by Crippen LogP contribution is 2.04. The molecule has 0 N–H and O–H groups in total. The Morgan fingerprint density at radius 2 is 0.583 bits per heavy atom. The van der Waals surface area contributed by atoms with E-state index < -0.39 is 0 Å². The van der Waals surface area contributed by atoms with Gasteiger partial charge in [-0.1, -0.05) is 39.0 Å². The van der Waals surface area contributed by atoms with E-state index in [1.807, 2.05) is 6.92 Å². The van der Waals surface area contributed by atoms with Gasteiger partial charge in [0.15, 0.2) is 0 Å². The second kappa shape index (κ2) is 34.6. The molecule has 218 valence electrons. The second-order valence-corrected chi connectivity index (χ2v) is 7.90. The average molecular weight is 527 g/mol. The van der Waals surface area contributed by atoms with Crippen LogP contribution in [0.2, 0.25) is 0 Å². The highest BCUT2D eigenvalue weighted by molar-refractivity contribution is 4.42. The summed E-state index contributed by atoms with van der Waals surface area (Å²) in [6.45, 7) is 14.2. The Labute approximate surface area is 219 Å². The lowest BCUT2D eigenvalue weighted by Gasteiger charge is -2.08. The maximum Gasteiger partial charge on any atom is 0.106 e. The minimum atomic E-state index is 0.433. The van der Waals surface area contributed by atoms with Crippen LogP contribution in [0.15, 0.2) is 0 Å². The number of hydrogen-bond donors (Lipinski definition) is 0. The van der Waals surface area contributed by atoms with Gasteiger partial charge in [0.25, 0.3) is 0 Å². The molecule has 0 saturated carbocycles. The van der Waals surface area contributed by atoms with Crippen molar-refractivity contribution in [3.05, 3.63) is 0 Å². The molecular weight excluding hydrogens is 472 g/mol. The second-order valence-electron chi connectivity index (χ2n) is 7.90. The lowest BCUT2D eigenvalue weighted by Crippen LogP contribution is -2.15. The summed E-state index contributed by atoms with van der Waals surface area (Å²) in [4.78, 5) is 10.2. The Morgan fingerprint density at radius 1 is 0.278 bits per heavy atom. The Kier molecular flexibility index (Phi) is 34.2. The topological polar surface area (TPSA) is 92.3 Å². The van der Waals surface area contributed by atoms with E-state index in [4.69, 9.17) is 47.7 Å². The van der Waals surface area contributed by atoms with Crippen LogP contribution in [0.25, 0.3) is 0 Å². The molecule has 0 heterocycles. The SMILES string of the molecule is CCCCCCCCOOCCOCCOCCOCCOCCOCCOCCOCCOCC. The van der Waals surface area contributed by atoms with Crippen molar-refractivity contribution < 1.29 is 47.7 Å². The molecule has 0 aromatic carbocycles. The molecule has 0 unspecified atom stereocenters. The van der Waals surface area contributed by atoms with E-state index in [-0.39, 0.29) is 0 Å². The lowest BCUT2D eigenvalue weighted by atomic mass is 10.1. The van der Waals surface area contributed by atoms with E-state index in [0.717, 1.165) is 6.42 Å². The molecule has 0 aromatic rings. The molecule has 0 radical (unpaired) electrons. The average Bonchev–Trinajstić information content (AvgIpc) is 2.89. The Hall–Kier alpha value is -0.400. The molecule has 0 fully saturated rings. The molecule has 0 bridgehead atoms. The van der Waals surface area contributed by atoms with Gasteiger partial charge in [-0.05, 0) is 13.3 Å². The van der Waals surface area contributed by atoms with Crippen LogP contribution in [0, 0.1) is 0 Å². The van der Waals surface area contributed by atoms with Crippen LogP contribution in [-0.4, -0.2) is 119 Å². The van der Waals surface area contributed by atoms with Crippen molar-refractivity contribution >= 4 is 0 Å². The third kappa shape index (κ3) is 33.6. The molecule has 36 heavy (non-hydrogen) atoms. The molecule has 10 nitrogen and oxygen atoms in total. The molecule has 0 aliphatic heterocycles. The first-order valence-corrected chi connectivity index (χ1v) is 13.8. The van der Waals surface area contributed by atoms with E-state index in [2.05, 4.69) is 6.92 Å². The number of unbranched alkanes of at least 4 members (excludes halogenated alkanes) is 5. The standard InChI is InChI=1S/C26H54O10/c1-3-5-6-7-8-9-10-35-36-26-25-34-24-23-33-22-21-32-20-19-31-18-17-30-16-15-29-14-13-28-12-11-27-4-2/h3-26H2,1-2H3. The van der Waals surface area contributed by atoms with Crippen molar-refractivity contribution in [2.24, 2.45) is 0 Å². The molecule has 0 aliphatic rings. The molecule has 0 spiro atoms. The summed E-state index contributed by atoms with van der Waals surface area (Å²) in [6.07, 6.45) is 7.44. The van der Waals surface area contributed by atoms with Crippen molar-refractivity contribution in [2.75, 3.05) is 119 Å². The highest BCUT2D eigenvalue weighted by atomic mass is 17.2. The minimum Gasteiger partial charge on any atom is -0.379 e.